The van der Waals surface area contributed by atoms with Crippen molar-refractivity contribution in [3.05, 3.63) is 33.1 Å². The maximum Gasteiger partial charge on any atom is 0.319 e. The summed E-state index contributed by atoms with van der Waals surface area (Å²) < 4.78 is 6.05. The van der Waals surface area contributed by atoms with Crippen molar-refractivity contribution in [1.82, 2.24) is 9.97 Å². The standard InChI is InChI=1S/C10H10BrN3OS/c11-8-6-9(12)14-10(13-8)15-4-3-7-2-1-5-16-7/h1-2,5-6H,3-4H2,(H2,12,13,14). The van der Waals surface area contributed by atoms with E-state index in [0.717, 1.165) is 6.42 Å². The van der Waals surface area contributed by atoms with Crippen molar-refractivity contribution < 1.29 is 4.74 Å². The topological polar surface area (TPSA) is 61.0 Å². The van der Waals surface area contributed by atoms with Crippen molar-refractivity contribution in [2.24, 2.45) is 0 Å². The number of thiophene rings is 1. The molecule has 4 nitrogen and oxygen atoms in total. The molecule has 84 valence electrons. The van der Waals surface area contributed by atoms with Crippen LogP contribution >= 0.6 is 27.3 Å². The first-order chi connectivity index (χ1) is 7.74. The van der Waals surface area contributed by atoms with Gasteiger partial charge in [-0.1, -0.05) is 6.07 Å². The summed E-state index contributed by atoms with van der Waals surface area (Å²) in [5.41, 5.74) is 5.57. The molecule has 2 N–H and O–H groups in total. The zero-order valence-corrected chi connectivity index (χ0v) is 10.8. The largest absolute Gasteiger partial charge is 0.463 e. The second-order valence-electron chi connectivity index (χ2n) is 3.08. The molecule has 2 heterocycles. The Morgan fingerprint density at radius 3 is 3.00 bits per heavy atom. The van der Waals surface area contributed by atoms with Crippen LogP contribution in [0.15, 0.2) is 28.2 Å². The van der Waals surface area contributed by atoms with Gasteiger partial charge in [0.25, 0.3) is 0 Å². The average molecular weight is 300 g/mol. The minimum absolute atomic E-state index is 0.309. The van der Waals surface area contributed by atoms with Crippen LogP contribution in [0.3, 0.4) is 0 Å². The van der Waals surface area contributed by atoms with Crippen LogP contribution in [0.1, 0.15) is 4.88 Å². The summed E-state index contributed by atoms with van der Waals surface area (Å²) in [6.07, 6.45) is 0.855. The van der Waals surface area contributed by atoms with Crippen LogP contribution in [-0.4, -0.2) is 16.6 Å². The zero-order chi connectivity index (χ0) is 11.4. The SMILES string of the molecule is Nc1cc(Br)nc(OCCc2cccs2)n1. The van der Waals surface area contributed by atoms with Crippen LogP contribution in [0, 0.1) is 0 Å². The molecule has 2 aromatic rings. The van der Waals surface area contributed by atoms with E-state index in [4.69, 9.17) is 10.5 Å². The lowest BCUT2D eigenvalue weighted by atomic mass is 10.4. The minimum atomic E-state index is 0.309. The summed E-state index contributed by atoms with van der Waals surface area (Å²) in [5.74, 6) is 0.396. The molecule has 0 spiro atoms. The first kappa shape index (κ1) is 11.3. The maximum atomic E-state index is 5.57. The molecule has 0 saturated carbocycles. The van der Waals surface area contributed by atoms with Gasteiger partial charge in [-0.2, -0.15) is 9.97 Å². The molecule has 0 amide bonds. The zero-order valence-electron chi connectivity index (χ0n) is 8.39. The van der Waals surface area contributed by atoms with Crippen molar-refractivity contribution in [1.29, 1.82) is 0 Å². The van der Waals surface area contributed by atoms with Gasteiger partial charge >= 0.3 is 6.01 Å². The number of nitrogens with two attached hydrogens (primary N) is 1. The van der Waals surface area contributed by atoms with Crippen LogP contribution < -0.4 is 10.5 Å². The Hall–Kier alpha value is -1.14. The van der Waals surface area contributed by atoms with Crippen molar-refractivity contribution in [2.45, 2.75) is 6.42 Å². The smallest absolute Gasteiger partial charge is 0.319 e. The molecule has 0 fully saturated rings. The number of hydrogen-bond acceptors (Lipinski definition) is 5. The highest BCUT2D eigenvalue weighted by atomic mass is 79.9. The predicted octanol–water partition coefficient (Wildman–Crippen LogP) is 2.50. The monoisotopic (exact) mass is 299 g/mol. The van der Waals surface area contributed by atoms with Gasteiger partial charge in [0.2, 0.25) is 0 Å². The van der Waals surface area contributed by atoms with E-state index in [9.17, 15) is 0 Å². The number of ether oxygens (including phenoxy) is 1. The lowest BCUT2D eigenvalue weighted by Gasteiger charge is -2.04. The number of nitrogens with zero attached hydrogens (tertiary/aromatic N) is 2. The van der Waals surface area contributed by atoms with Crippen molar-refractivity contribution in [3.8, 4) is 6.01 Å². The van der Waals surface area contributed by atoms with E-state index >= 15 is 0 Å². The first-order valence-electron chi connectivity index (χ1n) is 4.69. The Kier molecular flexibility index (Phi) is 3.74. The van der Waals surface area contributed by atoms with Gasteiger partial charge in [0.05, 0.1) is 6.61 Å². The third-order valence-corrected chi connectivity index (χ3v) is 3.20. The van der Waals surface area contributed by atoms with Crippen LogP contribution in [0.2, 0.25) is 0 Å². The summed E-state index contributed by atoms with van der Waals surface area (Å²) in [5, 5.41) is 2.04. The number of nitrogen functional groups attached to an aromatic ring is 1. The quantitative estimate of drug-likeness (QED) is 0.881. The van der Waals surface area contributed by atoms with Gasteiger partial charge in [0, 0.05) is 17.4 Å². The fourth-order valence-electron chi connectivity index (χ4n) is 1.18. The van der Waals surface area contributed by atoms with Crippen molar-refractivity contribution >= 4 is 33.1 Å². The van der Waals surface area contributed by atoms with Gasteiger partial charge in [0.15, 0.2) is 0 Å². The Balaban J connectivity index is 1.89. The molecule has 0 aromatic carbocycles. The summed E-state index contributed by atoms with van der Waals surface area (Å²) in [6.45, 7) is 0.552. The van der Waals surface area contributed by atoms with E-state index < -0.39 is 0 Å². The highest BCUT2D eigenvalue weighted by Crippen LogP contribution is 2.14. The van der Waals surface area contributed by atoms with E-state index in [2.05, 4.69) is 32.0 Å². The Labute approximate surface area is 106 Å². The summed E-state index contributed by atoms with van der Waals surface area (Å²) >= 11 is 4.94. The predicted molar refractivity (Wildman–Crippen MR) is 67.7 cm³/mol. The molecular formula is C10H10BrN3OS. The van der Waals surface area contributed by atoms with E-state index in [1.165, 1.54) is 4.88 Å². The Morgan fingerprint density at radius 2 is 2.31 bits per heavy atom. The normalized spacial score (nSPS) is 10.3. The molecule has 0 saturated heterocycles. The Morgan fingerprint density at radius 1 is 1.44 bits per heavy atom. The highest BCUT2D eigenvalue weighted by Gasteiger charge is 2.02. The van der Waals surface area contributed by atoms with Gasteiger partial charge in [-0.05, 0) is 27.4 Å². The first-order valence-corrected chi connectivity index (χ1v) is 6.36. The van der Waals surface area contributed by atoms with Gasteiger partial charge in [-0.3, -0.25) is 0 Å². The molecule has 2 rings (SSSR count). The van der Waals surface area contributed by atoms with Crippen LogP contribution in [0.4, 0.5) is 5.82 Å². The highest BCUT2D eigenvalue weighted by molar-refractivity contribution is 9.10. The number of hydrogen-bond donors (Lipinski definition) is 1. The lowest BCUT2D eigenvalue weighted by molar-refractivity contribution is 0.297. The van der Waals surface area contributed by atoms with E-state index in [1.807, 2.05) is 11.4 Å². The van der Waals surface area contributed by atoms with Crippen LogP contribution in [-0.2, 0) is 6.42 Å². The molecule has 0 aliphatic rings. The van der Waals surface area contributed by atoms with Gasteiger partial charge in [-0.25, -0.2) is 0 Å². The number of anilines is 1. The van der Waals surface area contributed by atoms with Gasteiger partial charge in [0.1, 0.15) is 10.4 Å². The average Bonchev–Trinajstić information content (AvgIpc) is 2.69. The maximum absolute atomic E-state index is 5.57. The summed E-state index contributed by atoms with van der Waals surface area (Å²) in [7, 11) is 0. The molecule has 2 aromatic heterocycles. The third-order valence-electron chi connectivity index (χ3n) is 1.85. The van der Waals surface area contributed by atoms with Crippen LogP contribution in [0.25, 0.3) is 0 Å². The number of rotatable bonds is 4. The molecule has 0 atom stereocenters. The number of halogens is 1. The van der Waals surface area contributed by atoms with E-state index in [0.29, 0.717) is 23.0 Å². The molecular weight excluding hydrogens is 290 g/mol. The summed E-state index contributed by atoms with van der Waals surface area (Å²) in [6, 6.07) is 6.03. The Bertz CT molecular complexity index is 441. The molecule has 0 unspecified atom stereocenters. The fraction of sp³-hybridized carbons (Fsp3) is 0.200. The van der Waals surface area contributed by atoms with Crippen molar-refractivity contribution in [3.63, 3.8) is 0 Å². The molecule has 0 radical (unpaired) electrons. The molecule has 0 aliphatic heterocycles. The van der Waals surface area contributed by atoms with E-state index in [1.54, 1.807) is 17.4 Å². The molecule has 16 heavy (non-hydrogen) atoms. The number of aromatic nitrogens is 2. The lowest BCUT2D eigenvalue weighted by Crippen LogP contribution is -2.04. The molecule has 6 heteroatoms. The molecule has 0 aliphatic carbocycles. The summed E-state index contributed by atoms with van der Waals surface area (Å²) in [4.78, 5) is 9.31. The fourth-order valence-corrected chi connectivity index (χ4v) is 2.25. The van der Waals surface area contributed by atoms with Crippen LogP contribution in [0.5, 0.6) is 6.01 Å². The second kappa shape index (κ2) is 5.27. The van der Waals surface area contributed by atoms with Crippen molar-refractivity contribution in [2.75, 3.05) is 12.3 Å². The molecule has 0 bridgehead atoms. The van der Waals surface area contributed by atoms with Gasteiger partial charge < -0.3 is 10.5 Å². The second-order valence-corrected chi connectivity index (χ2v) is 4.92. The van der Waals surface area contributed by atoms with E-state index in [-0.39, 0.29) is 0 Å². The van der Waals surface area contributed by atoms with Gasteiger partial charge in [-0.15, -0.1) is 11.3 Å². The minimum Gasteiger partial charge on any atom is -0.463 e. The third kappa shape index (κ3) is 3.18.